The van der Waals surface area contributed by atoms with Gasteiger partial charge in [0.15, 0.2) is 0 Å². The van der Waals surface area contributed by atoms with Crippen LogP contribution in [0.25, 0.3) is 0 Å². The summed E-state index contributed by atoms with van der Waals surface area (Å²) in [5, 5.41) is 6.17. The Morgan fingerprint density at radius 3 is 2.86 bits per heavy atom. The second kappa shape index (κ2) is 5.70. The van der Waals surface area contributed by atoms with Gasteiger partial charge >= 0.3 is 6.09 Å². The van der Waals surface area contributed by atoms with Crippen LogP contribution in [0.4, 0.5) is 4.79 Å². The molecule has 1 rings (SSSR count). The first-order valence-corrected chi connectivity index (χ1v) is 5.02. The monoisotopic (exact) mass is 220 g/mol. The second-order valence-corrected chi connectivity index (χ2v) is 3.11. The third-order valence-electron chi connectivity index (χ3n) is 1.52. The summed E-state index contributed by atoms with van der Waals surface area (Å²) in [5.74, 6) is 0.0876. The molecule has 0 radical (unpaired) electrons. The molecule has 0 spiro atoms. The zero-order chi connectivity index (χ0) is 10.4. The predicted octanol–water partition coefficient (Wildman–Crippen LogP) is 1.46. The summed E-state index contributed by atoms with van der Waals surface area (Å²) in [6.45, 7) is 2.19. The van der Waals surface area contributed by atoms with E-state index in [1.165, 1.54) is 0 Å². The fraction of sp³-hybridized carbons (Fsp3) is 0.750. The number of hydrogen-bond acceptors (Lipinski definition) is 4. The van der Waals surface area contributed by atoms with E-state index in [0.717, 1.165) is 12.8 Å². The maximum Gasteiger partial charge on any atom is 0.414 e. The molecule has 0 aromatic carbocycles. The van der Waals surface area contributed by atoms with Crippen LogP contribution in [0.5, 0.6) is 0 Å². The first-order chi connectivity index (χ1) is 6.76. The van der Waals surface area contributed by atoms with Crippen molar-refractivity contribution < 1.29 is 14.4 Å². The van der Waals surface area contributed by atoms with Gasteiger partial charge in [0.25, 0.3) is 5.90 Å². The van der Waals surface area contributed by atoms with Gasteiger partial charge in [-0.1, -0.05) is 5.16 Å². The summed E-state index contributed by atoms with van der Waals surface area (Å²) >= 11 is 5.48. The lowest BCUT2D eigenvalue weighted by molar-refractivity contribution is 0.145. The number of carbonyl (C=O) groups is 1. The average molecular weight is 221 g/mol. The molecule has 0 aromatic heterocycles. The van der Waals surface area contributed by atoms with E-state index < -0.39 is 6.09 Å². The molecule has 0 saturated heterocycles. The number of halogens is 1. The van der Waals surface area contributed by atoms with E-state index in [1.807, 2.05) is 0 Å². The van der Waals surface area contributed by atoms with Crippen LogP contribution in [0.1, 0.15) is 19.8 Å². The molecule has 1 aliphatic rings. The van der Waals surface area contributed by atoms with E-state index in [-0.39, 0.29) is 17.8 Å². The molecule has 1 saturated carbocycles. The Morgan fingerprint density at radius 2 is 2.36 bits per heavy atom. The zero-order valence-corrected chi connectivity index (χ0v) is 8.71. The molecule has 1 amide bonds. The number of amides is 1. The number of alkyl halides is 1. The number of nitrogens with zero attached hydrogens (tertiary/aromatic N) is 1. The van der Waals surface area contributed by atoms with E-state index in [2.05, 4.69) is 10.5 Å². The van der Waals surface area contributed by atoms with Gasteiger partial charge in [-0.3, -0.25) is 0 Å². The first-order valence-electron chi connectivity index (χ1n) is 4.49. The van der Waals surface area contributed by atoms with Crippen molar-refractivity contribution >= 4 is 23.6 Å². The Bertz CT molecular complexity index is 229. The summed E-state index contributed by atoms with van der Waals surface area (Å²) in [6.07, 6.45) is 1.49. The van der Waals surface area contributed by atoms with E-state index >= 15 is 0 Å². The minimum absolute atomic E-state index is 0.0120. The lowest BCUT2D eigenvalue weighted by Gasteiger charge is -2.05. The highest BCUT2D eigenvalue weighted by molar-refractivity contribution is 6.27. The summed E-state index contributed by atoms with van der Waals surface area (Å²) in [7, 11) is 0. The van der Waals surface area contributed by atoms with Gasteiger partial charge in [-0.15, -0.1) is 11.6 Å². The van der Waals surface area contributed by atoms with Crippen LogP contribution in [-0.4, -0.2) is 30.5 Å². The topological polar surface area (TPSA) is 59.9 Å². The summed E-state index contributed by atoms with van der Waals surface area (Å²) < 4.78 is 4.80. The molecule has 1 fully saturated rings. The van der Waals surface area contributed by atoms with Gasteiger partial charge in [0.1, 0.15) is 12.5 Å². The maximum absolute atomic E-state index is 11.1. The molecular weight excluding hydrogens is 208 g/mol. The van der Waals surface area contributed by atoms with Crippen LogP contribution < -0.4 is 5.32 Å². The minimum Gasteiger partial charge on any atom is -0.393 e. The summed E-state index contributed by atoms with van der Waals surface area (Å²) in [6, 6.07) is 0.256. The molecule has 5 nitrogen and oxygen atoms in total. The van der Waals surface area contributed by atoms with E-state index in [4.69, 9.17) is 21.2 Å². The van der Waals surface area contributed by atoms with Crippen LogP contribution in [0, 0.1) is 0 Å². The highest BCUT2D eigenvalue weighted by Gasteiger charge is 2.24. The highest BCUT2D eigenvalue weighted by Crippen LogP contribution is 2.18. The Labute approximate surface area is 87.4 Å². The Balaban J connectivity index is 2.26. The molecule has 0 heterocycles. The van der Waals surface area contributed by atoms with Crippen molar-refractivity contribution in [1.29, 1.82) is 0 Å². The lowest BCUT2D eigenvalue weighted by atomic mass is 10.7. The number of alkyl carbamates (subject to hydrolysis) is 1. The number of oxime groups is 1. The minimum atomic E-state index is -0.522. The summed E-state index contributed by atoms with van der Waals surface area (Å²) in [4.78, 5) is 15.8. The van der Waals surface area contributed by atoms with Crippen molar-refractivity contribution in [3.63, 3.8) is 0 Å². The second-order valence-electron chi connectivity index (χ2n) is 2.84. The quantitative estimate of drug-likeness (QED) is 0.338. The van der Waals surface area contributed by atoms with E-state index in [0.29, 0.717) is 6.61 Å². The number of rotatable bonds is 4. The van der Waals surface area contributed by atoms with Crippen LogP contribution in [0.15, 0.2) is 5.16 Å². The van der Waals surface area contributed by atoms with Crippen LogP contribution in [0.2, 0.25) is 0 Å². The Kier molecular flexibility index (Phi) is 4.52. The molecule has 14 heavy (non-hydrogen) atoms. The largest absolute Gasteiger partial charge is 0.414 e. The molecule has 6 heteroatoms. The van der Waals surface area contributed by atoms with Gasteiger partial charge in [0, 0.05) is 6.04 Å². The highest BCUT2D eigenvalue weighted by atomic mass is 35.5. The number of nitrogens with one attached hydrogen (secondary N) is 1. The zero-order valence-electron chi connectivity index (χ0n) is 7.96. The van der Waals surface area contributed by atoms with Crippen LogP contribution in [-0.2, 0) is 9.57 Å². The fourth-order valence-electron chi connectivity index (χ4n) is 0.738. The van der Waals surface area contributed by atoms with Gasteiger partial charge in [-0.05, 0) is 19.8 Å². The van der Waals surface area contributed by atoms with E-state index in [9.17, 15) is 4.79 Å². The summed E-state index contributed by atoms with van der Waals surface area (Å²) in [5.41, 5.74) is 0. The maximum atomic E-state index is 11.1. The number of hydrogen-bond donors (Lipinski definition) is 1. The van der Waals surface area contributed by atoms with Crippen LogP contribution >= 0.6 is 11.6 Å². The Hall–Kier alpha value is -0.970. The predicted molar refractivity (Wildman–Crippen MR) is 52.4 cm³/mol. The molecule has 1 aliphatic carbocycles. The molecule has 80 valence electrons. The Morgan fingerprint density at radius 1 is 1.64 bits per heavy atom. The molecule has 0 unspecified atom stereocenters. The number of carbonyl (C=O) groups excluding carboxylic acids is 1. The van der Waals surface area contributed by atoms with Gasteiger partial charge < -0.3 is 14.9 Å². The first kappa shape index (κ1) is 11.1. The van der Waals surface area contributed by atoms with Crippen LogP contribution in [0.3, 0.4) is 0 Å². The molecular formula is C8H13ClN2O3. The van der Waals surface area contributed by atoms with Gasteiger partial charge in [0.05, 0.1) is 0 Å². The third-order valence-corrected chi connectivity index (χ3v) is 1.75. The normalized spacial score (nSPS) is 16.3. The van der Waals surface area contributed by atoms with Gasteiger partial charge in [-0.25, -0.2) is 4.79 Å². The van der Waals surface area contributed by atoms with Crippen molar-refractivity contribution in [3.8, 4) is 0 Å². The van der Waals surface area contributed by atoms with E-state index in [1.54, 1.807) is 6.92 Å². The fourth-order valence-corrected chi connectivity index (χ4v) is 0.841. The van der Waals surface area contributed by atoms with Gasteiger partial charge in [-0.2, -0.15) is 0 Å². The molecule has 0 aliphatic heterocycles. The molecule has 0 atom stereocenters. The van der Waals surface area contributed by atoms with Crippen molar-refractivity contribution in [3.05, 3.63) is 0 Å². The van der Waals surface area contributed by atoms with Crippen molar-refractivity contribution in [1.82, 2.24) is 5.32 Å². The molecule has 1 N–H and O–H groups in total. The standard InChI is InChI=1S/C8H13ClN2O3/c1-2-13-11-7(5-9)14-8(12)10-6-3-4-6/h6H,2-5H2,1H3,(H,10,12)/b11-7-. The SMILES string of the molecule is CCO/N=C(/CCl)OC(=O)NC1CC1. The average Bonchev–Trinajstić information content (AvgIpc) is 2.95. The van der Waals surface area contributed by atoms with Crippen molar-refractivity contribution in [2.45, 2.75) is 25.8 Å². The van der Waals surface area contributed by atoms with Crippen molar-refractivity contribution in [2.24, 2.45) is 5.16 Å². The van der Waals surface area contributed by atoms with Gasteiger partial charge in [0.2, 0.25) is 0 Å². The lowest BCUT2D eigenvalue weighted by Crippen LogP contribution is -2.29. The number of ether oxygens (including phenoxy) is 1. The van der Waals surface area contributed by atoms with Crippen molar-refractivity contribution in [2.75, 3.05) is 12.5 Å². The molecule has 0 bridgehead atoms. The third kappa shape index (κ3) is 4.32. The molecule has 0 aromatic rings. The smallest absolute Gasteiger partial charge is 0.393 e.